The Hall–Kier alpha value is -2.60. The van der Waals surface area contributed by atoms with Gasteiger partial charge in [0.2, 0.25) is 0 Å². The van der Waals surface area contributed by atoms with E-state index in [4.69, 9.17) is 4.74 Å². The number of benzene rings is 2. The first kappa shape index (κ1) is 16.3. The Labute approximate surface area is 140 Å². The average molecular weight is 343 g/mol. The fourth-order valence-electron chi connectivity index (χ4n) is 2.67. The van der Waals surface area contributed by atoms with Crippen molar-refractivity contribution >= 4 is 26.9 Å². The molecule has 3 aromatic rings. The maximum absolute atomic E-state index is 13.0. The van der Waals surface area contributed by atoms with Crippen LogP contribution < -0.4 is 0 Å². The normalized spacial score (nSPS) is 11.6. The molecule has 5 nitrogen and oxygen atoms in total. The third kappa shape index (κ3) is 2.49. The lowest BCUT2D eigenvalue weighted by atomic mass is 10.1. The van der Waals surface area contributed by atoms with Crippen LogP contribution in [0, 0.1) is 13.8 Å². The Balaban J connectivity index is 2.32. The maximum atomic E-state index is 13.0. The fourth-order valence-corrected chi connectivity index (χ4v) is 4.04. The van der Waals surface area contributed by atoms with Crippen LogP contribution in [0.15, 0.2) is 53.6 Å². The molecule has 1 aromatic heterocycles. The summed E-state index contributed by atoms with van der Waals surface area (Å²) in [5.74, 6) is -0.570. The Morgan fingerprint density at radius 3 is 2.29 bits per heavy atom. The minimum atomic E-state index is -3.81. The number of aromatic nitrogens is 1. The van der Waals surface area contributed by atoms with Gasteiger partial charge in [0.25, 0.3) is 10.0 Å². The standard InChI is InChI=1S/C18H17NO4S/c1-12-4-7-14(8-5-12)24(21,22)19-11-10-15-13(2)6-9-16(17(15)19)18(20)23-3/h4-11H,1-3H3. The van der Waals surface area contributed by atoms with Crippen LogP contribution in [0.4, 0.5) is 0 Å². The molecule has 3 rings (SSSR count). The Bertz CT molecular complexity index is 1030. The number of aryl methyl sites for hydroxylation is 2. The van der Waals surface area contributed by atoms with Crippen LogP contribution in [0.1, 0.15) is 21.5 Å². The van der Waals surface area contributed by atoms with Crippen LogP contribution in [-0.2, 0) is 14.8 Å². The topological polar surface area (TPSA) is 65.4 Å². The van der Waals surface area contributed by atoms with Gasteiger partial charge in [-0.05, 0) is 43.7 Å². The number of nitrogens with zero attached hydrogens (tertiary/aromatic N) is 1. The van der Waals surface area contributed by atoms with E-state index in [1.54, 1.807) is 42.5 Å². The summed E-state index contributed by atoms with van der Waals surface area (Å²) in [5, 5.41) is 0.702. The first-order chi connectivity index (χ1) is 11.4. The summed E-state index contributed by atoms with van der Waals surface area (Å²) >= 11 is 0. The Kier molecular flexibility index (Phi) is 3.93. The number of methoxy groups -OCH3 is 1. The molecular weight excluding hydrogens is 326 g/mol. The number of rotatable bonds is 3. The second-order valence-corrected chi connectivity index (χ2v) is 7.43. The third-order valence-corrected chi connectivity index (χ3v) is 5.71. The molecular formula is C18H17NO4S. The van der Waals surface area contributed by atoms with Gasteiger partial charge in [0.05, 0.1) is 23.1 Å². The molecule has 1 heterocycles. The summed E-state index contributed by atoms with van der Waals surface area (Å²) in [5.41, 5.74) is 2.41. The van der Waals surface area contributed by atoms with Crippen molar-refractivity contribution < 1.29 is 17.9 Å². The molecule has 0 fully saturated rings. The zero-order valence-corrected chi connectivity index (χ0v) is 14.4. The Morgan fingerprint density at radius 1 is 1.00 bits per heavy atom. The van der Waals surface area contributed by atoms with E-state index in [-0.39, 0.29) is 10.5 Å². The SMILES string of the molecule is COC(=O)c1ccc(C)c2ccn(S(=O)(=O)c3ccc(C)cc3)c12. The van der Waals surface area contributed by atoms with E-state index in [9.17, 15) is 13.2 Å². The molecule has 0 bridgehead atoms. The summed E-state index contributed by atoms with van der Waals surface area (Å²) in [4.78, 5) is 12.2. The smallest absolute Gasteiger partial charge is 0.340 e. The van der Waals surface area contributed by atoms with Gasteiger partial charge in [-0.3, -0.25) is 0 Å². The lowest BCUT2D eigenvalue weighted by Gasteiger charge is -2.11. The average Bonchev–Trinajstić information content (AvgIpc) is 3.01. The predicted molar refractivity (Wildman–Crippen MR) is 91.8 cm³/mol. The Morgan fingerprint density at radius 2 is 1.67 bits per heavy atom. The fraction of sp³-hybridized carbons (Fsp3) is 0.167. The minimum absolute atomic E-state index is 0.169. The van der Waals surface area contributed by atoms with Crippen LogP contribution >= 0.6 is 0 Å². The van der Waals surface area contributed by atoms with Crippen molar-refractivity contribution in [1.82, 2.24) is 3.97 Å². The first-order valence-corrected chi connectivity index (χ1v) is 8.81. The maximum Gasteiger partial charge on any atom is 0.340 e. The van der Waals surface area contributed by atoms with E-state index in [1.807, 2.05) is 13.8 Å². The van der Waals surface area contributed by atoms with Gasteiger partial charge in [-0.15, -0.1) is 0 Å². The van der Waals surface area contributed by atoms with Gasteiger partial charge in [0.1, 0.15) is 0 Å². The molecule has 2 aromatic carbocycles. The zero-order chi connectivity index (χ0) is 17.5. The van der Waals surface area contributed by atoms with Gasteiger partial charge in [-0.1, -0.05) is 23.8 Å². The van der Waals surface area contributed by atoms with E-state index in [0.717, 1.165) is 15.1 Å². The van der Waals surface area contributed by atoms with Crippen LogP contribution in [0.25, 0.3) is 10.9 Å². The zero-order valence-electron chi connectivity index (χ0n) is 13.6. The van der Waals surface area contributed by atoms with Gasteiger partial charge < -0.3 is 4.74 Å². The highest BCUT2D eigenvalue weighted by molar-refractivity contribution is 7.90. The molecule has 0 N–H and O–H groups in total. The van der Waals surface area contributed by atoms with E-state index in [0.29, 0.717) is 10.9 Å². The molecule has 0 unspecified atom stereocenters. The predicted octanol–water partition coefficient (Wildman–Crippen LogP) is 3.28. The van der Waals surface area contributed by atoms with E-state index < -0.39 is 16.0 Å². The van der Waals surface area contributed by atoms with Crippen LogP contribution in [0.2, 0.25) is 0 Å². The lowest BCUT2D eigenvalue weighted by molar-refractivity contribution is 0.0602. The van der Waals surface area contributed by atoms with Gasteiger partial charge in [0, 0.05) is 11.6 Å². The molecule has 0 amide bonds. The largest absolute Gasteiger partial charge is 0.465 e. The van der Waals surface area contributed by atoms with Crippen molar-refractivity contribution in [2.24, 2.45) is 0 Å². The van der Waals surface area contributed by atoms with Gasteiger partial charge >= 0.3 is 5.97 Å². The number of ether oxygens (including phenoxy) is 1. The summed E-state index contributed by atoms with van der Waals surface area (Å²) in [6, 6.07) is 11.7. The molecule has 0 aliphatic heterocycles. The highest BCUT2D eigenvalue weighted by Crippen LogP contribution is 2.28. The number of fused-ring (bicyclic) bond motifs is 1. The summed E-state index contributed by atoms with van der Waals surface area (Å²) < 4.78 is 32.0. The van der Waals surface area contributed by atoms with E-state index >= 15 is 0 Å². The van der Waals surface area contributed by atoms with Crippen LogP contribution in [0.5, 0.6) is 0 Å². The van der Waals surface area contributed by atoms with Crippen molar-refractivity contribution in [3.05, 3.63) is 65.4 Å². The third-order valence-electron chi connectivity index (χ3n) is 4.02. The molecule has 124 valence electrons. The summed E-state index contributed by atoms with van der Waals surface area (Å²) in [6.45, 7) is 3.76. The quantitative estimate of drug-likeness (QED) is 0.685. The second kappa shape index (κ2) is 5.79. The number of esters is 1. The second-order valence-electron chi connectivity index (χ2n) is 5.61. The number of hydrogen-bond acceptors (Lipinski definition) is 4. The van der Waals surface area contributed by atoms with Crippen LogP contribution in [-0.4, -0.2) is 25.5 Å². The van der Waals surface area contributed by atoms with Crippen molar-refractivity contribution in [3.8, 4) is 0 Å². The summed E-state index contributed by atoms with van der Waals surface area (Å²) in [7, 11) is -2.54. The van der Waals surface area contributed by atoms with Crippen LogP contribution in [0.3, 0.4) is 0 Å². The monoisotopic (exact) mass is 343 g/mol. The molecule has 0 saturated carbocycles. The van der Waals surface area contributed by atoms with E-state index in [1.165, 1.54) is 13.3 Å². The van der Waals surface area contributed by atoms with E-state index in [2.05, 4.69) is 0 Å². The molecule has 0 aliphatic carbocycles. The molecule has 0 saturated heterocycles. The van der Waals surface area contributed by atoms with Gasteiger partial charge in [-0.2, -0.15) is 0 Å². The van der Waals surface area contributed by atoms with Crippen molar-refractivity contribution in [3.63, 3.8) is 0 Å². The molecule has 6 heteroatoms. The van der Waals surface area contributed by atoms with Crippen molar-refractivity contribution in [2.45, 2.75) is 18.7 Å². The van der Waals surface area contributed by atoms with Gasteiger partial charge in [-0.25, -0.2) is 17.2 Å². The number of hydrogen-bond donors (Lipinski definition) is 0. The lowest BCUT2D eigenvalue weighted by Crippen LogP contribution is -2.14. The molecule has 0 atom stereocenters. The minimum Gasteiger partial charge on any atom is -0.465 e. The molecule has 0 spiro atoms. The molecule has 24 heavy (non-hydrogen) atoms. The highest BCUT2D eigenvalue weighted by Gasteiger charge is 2.23. The van der Waals surface area contributed by atoms with Gasteiger partial charge in [0.15, 0.2) is 0 Å². The van der Waals surface area contributed by atoms with Crippen molar-refractivity contribution in [1.29, 1.82) is 0 Å². The molecule has 0 aliphatic rings. The van der Waals surface area contributed by atoms with Crippen molar-refractivity contribution in [2.75, 3.05) is 7.11 Å². The highest BCUT2D eigenvalue weighted by atomic mass is 32.2. The number of carbonyl (C=O) groups is 1. The number of carbonyl (C=O) groups excluding carboxylic acids is 1. The molecule has 0 radical (unpaired) electrons. The summed E-state index contributed by atoms with van der Waals surface area (Å²) in [6.07, 6.45) is 1.47. The first-order valence-electron chi connectivity index (χ1n) is 7.37.